The lowest BCUT2D eigenvalue weighted by Gasteiger charge is -2.20. The number of piperidine rings is 1. The van der Waals surface area contributed by atoms with Crippen molar-refractivity contribution in [1.29, 1.82) is 0 Å². The van der Waals surface area contributed by atoms with Gasteiger partial charge in [-0.3, -0.25) is 0 Å². The maximum absolute atomic E-state index is 3.67. The number of rotatable bonds is 2. The Morgan fingerprint density at radius 3 is 3.00 bits per heavy atom. The Morgan fingerprint density at radius 2 is 2.44 bits per heavy atom. The third-order valence-electron chi connectivity index (χ3n) is 1.74. The van der Waals surface area contributed by atoms with Crippen molar-refractivity contribution in [3.63, 3.8) is 0 Å². The van der Waals surface area contributed by atoms with E-state index in [1.807, 2.05) is 6.08 Å². The molecule has 1 unspecified atom stereocenters. The van der Waals surface area contributed by atoms with Crippen LogP contribution in [0.25, 0.3) is 0 Å². The lowest BCUT2D eigenvalue weighted by atomic mass is 10.0. The van der Waals surface area contributed by atoms with Gasteiger partial charge in [0.25, 0.3) is 0 Å². The van der Waals surface area contributed by atoms with E-state index in [1.54, 1.807) is 0 Å². The zero-order valence-electron chi connectivity index (χ0n) is 5.77. The summed E-state index contributed by atoms with van der Waals surface area (Å²) < 4.78 is 0. The highest BCUT2D eigenvalue weighted by Gasteiger charge is 2.09. The molecule has 51 valence electrons. The van der Waals surface area contributed by atoms with Crippen molar-refractivity contribution in [2.75, 3.05) is 13.1 Å². The van der Waals surface area contributed by atoms with Gasteiger partial charge in [-0.15, -0.1) is 6.58 Å². The second-order valence-electron chi connectivity index (χ2n) is 2.53. The van der Waals surface area contributed by atoms with Crippen LogP contribution < -0.4 is 5.32 Å². The Morgan fingerprint density at radius 1 is 1.56 bits per heavy atom. The summed E-state index contributed by atoms with van der Waals surface area (Å²) in [6, 6.07) is 0. The monoisotopic (exact) mass is 125 g/mol. The van der Waals surface area contributed by atoms with Gasteiger partial charge >= 0.3 is 0 Å². The molecule has 1 aliphatic rings. The standard InChI is InChI=1S/C8H14N/c1-2-4-8-5-3-6-9-7-8/h2,4,8-9H,1,3,5-7H2/i7+1. The minimum Gasteiger partial charge on any atom is -0.316 e. The van der Waals surface area contributed by atoms with Crippen LogP contribution in [0.4, 0.5) is 0 Å². The summed E-state index contributed by atoms with van der Waals surface area (Å²) >= 11 is 0. The molecule has 9 heavy (non-hydrogen) atoms. The zero-order chi connectivity index (χ0) is 6.53. The molecule has 0 aromatic carbocycles. The normalized spacial score (nSPS) is 27.8. The lowest BCUT2D eigenvalue weighted by molar-refractivity contribution is 0.424. The van der Waals surface area contributed by atoms with Crippen LogP contribution in [0.1, 0.15) is 12.8 Å². The first-order valence-corrected chi connectivity index (χ1v) is 3.60. The Balaban J connectivity index is 2.15. The van der Waals surface area contributed by atoms with Crippen molar-refractivity contribution >= 4 is 0 Å². The van der Waals surface area contributed by atoms with Crippen molar-refractivity contribution in [2.24, 2.45) is 5.92 Å². The van der Waals surface area contributed by atoms with E-state index >= 15 is 0 Å². The second-order valence-corrected chi connectivity index (χ2v) is 2.53. The molecule has 1 rings (SSSR count). The average molecular weight is 125 g/mol. The number of allylic oxidation sites excluding steroid dienone is 1. The third-order valence-corrected chi connectivity index (χ3v) is 1.74. The van der Waals surface area contributed by atoms with Gasteiger partial charge in [-0.05, 0) is 38.3 Å². The van der Waals surface area contributed by atoms with E-state index in [4.69, 9.17) is 0 Å². The summed E-state index contributed by atoms with van der Waals surface area (Å²) in [6.07, 6.45) is 6.73. The van der Waals surface area contributed by atoms with Crippen LogP contribution in [0.5, 0.6) is 0 Å². The van der Waals surface area contributed by atoms with Gasteiger partial charge < -0.3 is 5.32 Å². The van der Waals surface area contributed by atoms with Gasteiger partial charge in [0.15, 0.2) is 0 Å². The van der Waals surface area contributed by atoms with E-state index in [0.717, 1.165) is 12.5 Å². The van der Waals surface area contributed by atoms with Crippen molar-refractivity contribution in [1.82, 2.24) is 5.32 Å². The summed E-state index contributed by atoms with van der Waals surface area (Å²) in [5, 5.41) is 3.34. The lowest BCUT2D eigenvalue weighted by Crippen LogP contribution is -2.29. The highest BCUT2D eigenvalue weighted by Crippen LogP contribution is 2.12. The van der Waals surface area contributed by atoms with Gasteiger partial charge in [-0.2, -0.15) is 0 Å². The minimum atomic E-state index is 0.747. The molecule has 1 heterocycles. The molecular weight excluding hydrogens is 111 g/mol. The zero-order valence-corrected chi connectivity index (χ0v) is 5.77. The number of hydrogen-bond acceptors (Lipinski definition) is 1. The van der Waals surface area contributed by atoms with Gasteiger partial charge in [0.1, 0.15) is 0 Å². The van der Waals surface area contributed by atoms with Crippen molar-refractivity contribution in [2.45, 2.75) is 12.8 Å². The molecule has 1 saturated heterocycles. The molecule has 1 N–H and O–H groups in total. The summed E-state index contributed by atoms with van der Waals surface area (Å²) in [5.74, 6) is 0.747. The van der Waals surface area contributed by atoms with Crippen LogP contribution in [-0.4, -0.2) is 13.1 Å². The van der Waals surface area contributed by atoms with Gasteiger partial charge in [-0.25, -0.2) is 0 Å². The quantitative estimate of drug-likeness (QED) is 0.550. The van der Waals surface area contributed by atoms with Crippen molar-refractivity contribution in [3.8, 4) is 0 Å². The van der Waals surface area contributed by atoms with Crippen LogP contribution in [0.3, 0.4) is 0 Å². The molecule has 1 nitrogen and oxygen atoms in total. The van der Waals surface area contributed by atoms with E-state index < -0.39 is 0 Å². The van der Waals surface area contributed by atoms with E-state index in [9.17, 15) is 0 Å². The molecule has 0 aliphatic carbocycles. The fourth-order valence-corrected chi connectivity index (χ4v) is 1.24. The first-order valence-electron chi connectivity index (χ1n) is 3.60. The Kier molecular flexibility index (Phi) is 2.78. The largest absolute Gasteiger partial charge is 0.316 e. The van der Waals surface area contributed by atoms with E-state index in [1.165, 1.54) is 19.4 Å². The molecular formula is C8H14N. The number of hydrogen-bond donors (Lipinski definition) is 1. The topological polar surface area (TPSA) is 12.0 Å². The van der Waals surface area contributed by atoms with E-state index in [0.29, 0.717) is 0 Å². The molecule has 0 aromatic rings. The van der Waals surface area contributed by atoms with Gasteiger partial charge in [-0.1, -0.05) is 6.08 Å². The summed E-state index contributed by atoms with van der Waals surface area (Å²) in [6.45, 7) is 6.01. The maximum Gasteiger partial charge on any atom is -0.00147 e. The van der Waals surface area contributed by atoms with Crippen LogP contribution in [0.2, 0.25) is 0 Å². The molecule has 1 aliphatic heterocycles. The molecule has 1 heteroatoms. The highest BCUT2D eigenvalue weighted by atomic mass is 15.0. The molecule has 0 bridgehead atoms. The Hall–Kier alpha value is -0.300. The Labute approximate surface area is 57.1 Å². The maximum atomic E-state index is 3.67. The van der Waals surface area contributed by atoms with Crippen LogP contribution in [0.15, 0.2) is 12.7 Å². The van der Waals surface area contributed by atoms with Gasteiger partial charge in [0.05, 0.1) is 0 Å². The predicted molar refractivity (Wildman–Crippen MR) is 40.1 cm³/mol. The van der Waals surface area contributed by atoms with E-state index in [-0.39, 0.29) is 0 Å². The number of nitrogens with one attached hydrogen (secondary N) is 1. The van der Waals surface area contributed by atoms with Gasteiger partial charge in [0, 0.05) is 0 Å². The SMILES string of the molecule is C=C[CH]C1CCCN[13CH2]1. The molecule has 0 saturated carbocycles. The molecule has 0 amide bonds. The smallest absolute Gasteiger partial charge is 0.00147 e. The first-order chi connectivity index (χ1) is 4.43. The summed E-state index contributed by atoms with van der Waals surface area (Å²) in [7, 11) is 0. The molecule has 0 spiro atoms. The minimum absolute atomic E-state index is 0.747. The fraction of sp³-hybridized carbons (Fsp3) is 0.625. The predicted octanol–water partition coefficient (Wildman–Crippen LogP) is 1.38. The fourth-order valence-electron chi connectivity index (χ4n) is 1.24. The molecule has 1 radical (unpaired) electrons. The summed E-state index contributed by atoms with van der Waals surface area (Å²) in [5.41, 5.74) is 0. The first kappa shape index (κ1) is 6.81. The van der Waals surface area contributed by atoms with E-state index in [2.05, 4.69) is 18.3 Å². The third kappa shape index (κ3) is 2.19. The second kappa shape index (κ2) is 3.67. The molecule has 1 atom stereocenters. The Bertz CT molecular complexity index is 82.6. The molecule has 0 aromatic heterocycles. The van der Waals surface area contributed by atoms with Crippen molar-refractivity contribution in [3.05, 3.63) is 19.1 Å². The average Bonchev–Trinajstić information content (AvgIpc) is 1.91. The summed E-state index contributed by atoms with van der Waals surface area (Å²) in [4.78, 5) is 0. The van der Waals surface area contributed by atoms with Crippen LogP contribution in [0, 0.1) is 12.3 Å². The van der Waals surface area contributed by atoms with Crippen LogP contribution >= 0.6 is 0 Å². The van der Waals surface area contributed by atoms with Crippen LogP contribution in [-0.2, 0) is 0 Å². The van der Waals surface area contributed by atoms with Crippen molar-refractivity contribution < 1.29 is 0 Å². The highest BCUT2D eigenvalue weighted by molar-refractivity contribution is 4.94. The molecule has 1 fully saturated rings. The van der Waals surface area contributed by atoms with Gasteiger partial charge in [0.2, 0.25) is 0 Å².